The molecule has 2 aliphatic rings. The highest BCUT2D eigenvalue weighted by molar-refractivity contribution is 5.88. The number of amides is 3. The Bertz CT molecular complexity index is 781. The van der Waals surface area contributed by atoms with Gasteiger partial charge in [-0.3, -0.25) is 4.79 Å². The number of hydrogen-bond donors (Lipinski definition) is 3. The lowest BCUT2D eigenvalue weighted by Gasteiger charge is -2.24. The van der Waals surface area contributed by atoms with Crippen LogP contribution in [0, 0.1) is 0 Å². The van der Waals surface area contributed by atoms with E-state index in [-0.39, 0.29) is 18.0 Å². The fourth-order valence-electron chi connectivity index (χ4n) is 3.58. The number of likely N-dealkylation sites (tertiary alicyclic amines) is 1. The molecule has 2 heterocycles. The minimum absolute atomic E-state index is 0.00670. The molecule has 1 aromatic heterocycles. The normalized spacial score (nSPS) is 20.0. The van der Waals surface area contributed by atoms with Crippen LogP contribution >= 0.6 is 0 Å². The fraction of sp³-hybridized carbons (Fsp3) is 0.474. The van der Waals surface area contributed by atoms with Gasteiger partial charge in [0.05, 0.1) is 0 Å². The number of hydrogen-bond acceptors (Lipinski definition) is 2. The summed E-state index contributed by atoms with van der Waals surface area (Å²) in [4.78, 5) is 29.7. The van der Waals surface area contributed by atoms with E-state index in [2.05, 4.69) is 27.8 Å². The summed E-state index contributed by atoms with van der Waals surface area (Å²) in [5, 5.41) is 7.19. The van der Waals surface area contributed by atoms with E-state index in [4.69, 9.17) is 0 Å². The van der Waals surface area contributed by atoms with Crippen molar-refractivity contribution in [3.05, 3.63) is 36.0 Å². The minimum Gasteiger partial charge on any atom is -0.361 e. The molecular weight excluding hydrogens is 316 g/mol. The smallest absolute Gasteiger partial charge is 0.318 e. The first-order valence-electron chi connectivity index (χ1n) is 9.12. The van der Waals surface area contributed by atoms with Crippen molar-refractivity contribution in [3.63, 3.8) is 0 Å². The van der Waals surface area contributed by atoms with E-state index >= 15 is 0 Å². The Labute approximate surface area is 147 Å². The number of urea groups is 1. The van der Waals surface area contributed by atoms with Crippen molar-refractivity contribution in [2.24, 2.45) is 0 Å². The van der Waals surface area contributed by atoms with Crippen LogP contribution in [0.25, 0.3) is 10.9 Å². The highest BCUT2D eigenvalue weighted by Crippen LogP contribution is 2.22. The van der Waals surface area contributed by atoms with Crippen LogP contribution in [-0.2, 0) is 11.2 Å². The first kappa shape index (κ1) is 16.0. The summed E-state index contributed by atoms with van der Waals surface area (Å²) >= 11 is 0. The molecule has 3 N–H and O–H groups in total. The Balaban J connectivity index is 1.32. The van der Waals surface area contributed by atoms with E-state index < -0.39 is 0 Å². The Hall–Kier alpha value is -2.50. The Kier molecular flexibility index (Phi) is 4.34. The molecule has 1 unspecified atom stereocenters. The number of aromatic amines is 1. The lowest BCUT2D eigenvalue weighted by molar-refractivity contribution is -0.124. The summed E-state index contributed by atoms with van der Waals surface area (Å²) in [6.07, 6.45) is 6.48. The van der Waals surface area contributed by atoms with Gasteiger partial charge in [0.2, 0.25) is 5.91 Å². The zero-order valence-electron chi connectivity index (χ0n) is 14.3. The monoisotopic (exact) mass is 340 g/mol. The number of aromatic nitrogens is 1. The molecule has 132 valence electrons. The maximum Gasteiger partial charge on any atom is 0.318 e. The third-order valence-electron chi connectivity index (χ3n) is 5.10. The van der Waals surface area contributed by atoms with Gasteiger partial charge in [-0.05, 0) is 49.8 Å². The summed E-state index contributed by atoms with van der Waals surface area (Å²) in [6, 6.07) is 8.11. The highest BCUT2D eigenvalue weighted by Gasteiger charge is 2.36. The maximum atomic E-state index is 12.5. The van der Waals surface area contributed by atoms with Gasteiger partial charge in [0.1, 0.15) is 6.04 Å². The van der Waals surface area contributed by atoms with Crippen LogP contribution in [0.3, 0.4) is 0 Å². The number of carbonyl (C=O) groups excluding carboxylic acids is 2. The van der Waals surface area contributed by atoms with Crippen molar-refractivity contribution in [3.8, 4) is 0 Å². The Morgan fingerprint density at radius 3 is 2.92 bits per heavy atom. The number of fused-ring (bicyclic) bond motifs is 1. The topological polar surface area (TPSA) is 77.2 Å². The first-order chi connectivity index (χ1) is 12.2. The molecule has 1 atom stereocenters. The second-order valence-electron chi connectivity index (χ2n) is 6.97. The zero-order valence-corrected chi connectivity index (χ0v) is 14.3. The molecule has 0 radical (unpaired) electrons. The van der Waals surface area contributed by atoms with E-state index in [1.165, 1.54) is 10.9 Å². The molecular formula is C19H24N4O2. The Morgan fingerprint density at radius 2 is 2.08 bits per heavy atom. The molecule has 1 saturated heterocycles. The molecule has 1 aliphatic heterocycles. The van der Waals surface area contributed by atoms with Crippen LogP contribution in [0.1, 0.15) is 31.2 Å². The second kappa shape index (κ2) is 6.78. The summed E-state index contributed by atoms with van der Waals surface area (Å²) in [5.74, 6) is 0.00670. The SMILES string of the molecule is O=C(NC1CC1)C1CCCN1C(=O)NCCc1cccc2[nH]ccc12. The van der Waals surface area contributed by atoms with Gasteiger partial charge in [-0.15, -0.1) is 0 Å². The molecule has 2 fully saturated rings. The molecule has 2 aromatic rings. The lowest BCUT2D eigenvalue weighted by atomic mass is 10.1. The van der Waals surface area contributed by atoms with Gasteiger partial charge >= 0.3 is 6.03 Å². The number of nitrogens with one attached hydrogen (secondary N) is 3. The van der Waals surface area contributed by atoms with Crippen LogP contribution in [0.2, 0.25) is 0 Å². The van der Waals surface area contributed by atoms with Gasteiger partial charge in [-0.2, -0.15) is 0 Å². The predicted octanol–water partition coefficient (Wildman–Crippen LogP) is 2.16. The van der Waals surface area contributed by atoms with Crippen molar-refractivity contribution in [2.45, 2.75) is 44.2 Å². The van der Waals surface area contributed by atoms with Crippen LogP contribution in [-0.4, -0.2) is 47.0 Å². The Morgan fingerprint density at radius 1 is 1.20 bits per heavy atom. The first-order valence-corrected chi connectivity index (χ1v) is 9.12. The maximum absolute atomic E-state index is 12.5. The van der Waals surface area contributed by atoms with Crippen LogP contribution in [0.15, 0.2) is 30.5 Å². The van der Waals surface area contributed by atoms with Crippen molar-refractivity contribution in [1.29, 1.82) is 0 Å². The molecule has 0 bridgehead atoms. The van der Waals surface area contributed by atoms with Crippen LogP contribution < -0.4 is 10.6 Å². The molecule has 3 amide bonds. The van der Waals surface area contributed by atoms with E-state index in [1.54, 1.807) is 4.90 Å². The molecule has 0 spiro atoms. The molecule has 1 aliphatic carbocycles. The van der Waals surface area contributed by atoms with E-state index in [0.717, 1.165) is 37.6 Å². The van der Waals surface area contributed by atoms with Gasteiger partial charge in [-0.25, -0.2) is 4.79 Å². The fourth-order valence-corrected chi connectivity index (χ4v) is 3.58. The average Bonchev–Trinajstić information content (AvgIpc) is 3.12. The summed E-state index contributed by atoms with van der Waals surface area (Å²) in [7, 11) is 0. The summed E-state index contributed by atoms with van der Waals surface area (Å²) in [6.45, 7) is 1.22. The third kappa shape index (κ3) is 3.48. The molecule has 6 nitrogen and oxygen atoms in total. The van der Waals surface area contributed by atoms with Crippen LogP contribution in [0.5, 0.6) is 0 Å². The van der Waals surface area contributed by atoms with E-state index in [1.807, 2.05) is 18.3 Å². The van der Waals surface area contributed by atoms with E-state index in [0.29, 0.717) is 19.1 Å². The van der Waals surface area contributed by atoms with Gasteiger partial charge < -0.3 is 20.5 Å². The molecule has 25 heavy (non-hydrogen) atoms. The number of carbonyl (C=O) groups is 2. The van der Waals surface area contributed by atoms with Crippen molar-refractivity contribution in [1.82, 2.24) is 20.5 Å². The molecule has 4 rings (SSSR count). The van der Waals surface area contributed by atoms with Crippen molar-refractivity contribution >= 4 is 22.8 Å². The predicted molar refractivity (Wildman–Crippen MR) is 96.3 cm³/mol. The summed E-state index contributed by atoms with van der Waals surface area (Å²) in [5.41, 5.74) is 2.32. The third-order valence-corrected chi connectivity index (χ3v) is 5.10. The number of nitrogens with zero attached hydrogens (tertiary/aromatic N) is 1. The van der Waals surface area contributed by atoms with Crippen molar-refractivity contribution in [2.75, 3.05) is 13.1 Å². The van der Waals surface area contributed by atoms with Gasteiger partial charge in [0.25, 0.3) is 0 Å². The number of H-pyrrole nitrogens is 1. The summed E-state index contributed by atoms with van der Waals surface area (Å²) < 4.78 is 0. The van der Waals surface area contributed by atoms with Gasteiger partial charge in [-0.1, -0.05) is 12.1 Å². The standard InChI is InChI=1S/C19H24N4O2/c24-18(22-14-6-7-14)17-5-2-12-23(17)19(25)21-10-8-13-3-1-4-16-15(13)9-11-20-16/h1,3-4,9,11,14,17,20H,2,5-8,10,12H2,(H,21,25)(H,22,24). The quantitative estimate of drug-likeness (QED) is 0.780. The lowest BCUT2D eigenvalue weighted by Crippen LogP contribution is -2.50. The molecule has 1 saturated carbocycles. The van der Waals surface area contributed by atoms with Crippen molar-refractivity contribution < 1.29 is 9.59 Å². The number of rotatable bonds is 5. The average molecular weight is 340 g/mol. The molecule has 1 aromatic carbocycles. The van der Waals surface area contributed by atoms with Gasteiger partial charge in [0.15, 0.2) is 0 Å². The van der Waals surface area contributed by atoms with Gasteiger partial charge in [0, 0.05) is 36.2 Å². The second-order valence-corrected chi connectivity index (χ2v) is 6.97. The van der Waals surface area contributed by atoms with Crippen LogP contribution in [0.4, 0.5) is 4.79 Å². The van der Waals surface area contributed by atoms with E-state index in [9.17, 15) is 9.59 Å². The number of benzene rings is 1. The minimum atomic E-state index is -0.311. The largest absolute Gasteiger partial charge is 0.361 e. The molecule has 6 heteroatoms. The zero-order chi connectivity index (χ0) is 17.2. The highest BCUT2D eigenvalue weighted by atomic mass is 16.2.